The number of anilines is 1. The monoisotopic (exact) mass is 419 g/mol. The first-order chi connectivity index (χ1) is 14.2. The van der Waals surface area contributed by atoms with Crippen LogP contribution in [0.15, 0.2) is 65.6 Å². The Hall–Kier alpha value is -2.53. The Balaban J connectivity index is 1.70. The van der Waals surface area contributed by atoms with Crippen LogP contribution < -0.4 is 9.46 Å². The van der Waals surface area contributed by atoms with Gasteiger partial charge in [0.15, 0.2) is 0 Å². The SMILES string of the molecule is Cc1ccccc1Oc1cc(C2(C)C(C)(C)C2(C)C)nc(NSc2ccccc2)n1. The fraction of sp³-hybridized carbons (Fsp3) is 0.360. The second-order valence-electron chi connectivity index (χ2n) is 9.17. The lowest BCUT2D eigenvalue weighted by molar-refractivity contribution is 0.452. The summed E-state index contributed by atoms with van der Waals surface area (Å²) in [6.45, 7) is 13.6. The zero-order valence-corrected chi connectivity index (χ0v) is 19.3. The Morgan fingerprint density at radius 2 is 1.47 bits per heavy atom. The van der Waals surface area contributed by atoms with Crippen LogP contribution in [0.3, 0.4) is 0 Å². The Morgan fingerprint density at radius 3 is 2.10 bits per heavy atom. The van der Waals surface area contributed by atoms with Crippen molar-refractivity contribution in [3.05, 3.63) is 71.9 Å². The lowest BCUT2D eigenvalue weighted by Gasteiger charge is -2.18. The predicted molar refractivity (Wildman–Crippen MR) is 124 cm³/mol. The number of rotatable bonds is 6. The summed E-state index contributed by atoms with van der Waals surface area (Å²) < 4.78 is 9.51. The molecule has 0 atom stereocenters. The molecule has 1 aliphatic rings. The van der Waals surface area contributed by atoms with Gasteiger partial charge in [0.2, 0.25) is 11.8 Å². The van der Waals surface area contributed by atoms with Crippen molar-refractivity contribution in [2.24, 2.45) is 10.8 Å². The molecule has 0 bridgehead atoms. The van der Waals surface area contributed by atoms with Crippen molar-refractivity contribution in [2.45, 2.75) is 51.9 Å². The van der Waals surface area contributed by atoms with Crippen LogP contribution in [0.4, 0.5) is 5.95 Å². The fourth-order valence-corrected chi connectivity index (χ4v) is 4.98. The van der Waals surface area contributed by atoms with E-state index in [0.717, 1.165) is 21.9 Å². The van der Waals surface area contributed by atoms with E-state index in [4.69, 9.17) is 9.72 Å². The molecule has 1 heterocycles. The molecule has 0 amide bonds. The summed E-state index contributed by atoms with van der Waals surface area (Å²) in [5, 5.41) is 0. The summed E-state index contributed by atoms with van der Waals surface area (Å²) in [6.07, 6.45) is 0. The van der Waals surface area contributed by atoms with Gasteiger partial charge in [-0.05, 0) is 53.5 Å². The number of aryl methyl sites for hydroxylation is 1. The van der Waals surface area contributed by atoms with Crippen LogP contribution in [-0.4, -0.2) is 9.97 Å². The molecule has 0 spiro atoms. The van der Waals surface area contributed by atoms with Crippen molar-refractivity contribution in [3.8, 4) is 11.6 Å². The Kier molecular flexibility index (Phi) is 5.05. The van der Waals surface area contributed by atoms with Crippen molar-refractivity contribution < 1.29 is 4.74 Å². The molecule has 30 heavy (non-hydrogen) atoms. The van der Waals surface area contributed by atoms with E-state index in [1.807, 2.05) is 55.5 Å². The number of ether oxygens (including phenoxy) is 1. The molecule has 5 heteroatoms. The molecule has 0 unspecified atom stereocenters. The summed E-state index contributed by atoms with van der Waals surface area (Å²) in [5.41, 5.74) is 2.26. The van der Waals surface area contributed by atoms with Crippen LogP contribution in [0.5, 0.6) is 11.6 Å². The third-order valence-corrected chi connectivity index (χ3v) is 8.32. The van der Waals surface area contributed by atoms with Crippen LogP contribution in [0.2, 0.25) is 0 Å². The fourth-order valence-electron chi connectivity index (χ4n) is 4.39. The molecule has 4 rings (SSSR count). The summed E-state index contributed by atoms with van der Waals surface area (Å²) in [6, 6.07) is 20.1. The van der Waals surface area contributed by atoms with Gasteiger partial charge in [-0.25, -0.2) is 4.98 Å². The summed E-state index contributed by atoms with van der Waals surface area (Å²) >= 11 is 1.50. The van der Waals surface area contributed by atoms with E-state index in [2.05, 4.69) is 56.5 Å². The highest BCUT2D eigenvalue weighted by Gasteiger charge is 2.75. The van der Waals surface area contributed by atoms with Gasteiger partial charge in [-0.1, -0.05) is 71.0 Å². The Morgan fingerprint density at radius 1 is 0.833 bits per heavy atom. The van der Waals surface area contributed by atoms with Gasteiger partial charge in [0.1, 0.15) is 5.75 Å². The molecule has 0 radical (unpaired) electrons. The average molecular weight is 420 g/mol. The highest BCUT2D eigenvalue weighted by Crippen LogP contribution is 2.77. The molecule has 0 saturated heterocycles. The molecule has 3 aromatic rings. The standard InChI is InChI=1S/C25H29N3OS/c1-17-12-10-11-15-19(17)29-21-16-20(25(6)23(2,3)24(25,4)5)26-22(27-21)28-30-18-13-8-7-9-14-18/h7-16H,1-6H3,(H,26,27,28). The van der Waals surface area contributed by atoms with E-state index in [9.17, 15) is 0 Å². The maximum atomic E-state index is 6.20. The molecule has 1 saturated carbocycles. The smallest absolute Gasteiger partial charge is 0.236 e. The third kappa shape index (κ3) is 3.25. The van der Waals surface area contributed by atoms with Crippen LogP contribution in [0.1, 0.15) is 45.9 Å². The topological polar surface area (TPSA) is 47.0 Å². The Labute approximate surface area is 183 Å². The first-order valence-corrected chi connectivity index (χ1v) is 11.1. The van der Waals surface area contributed by atoms with E-state index in [0.29, 0.717) is 11.8 Å². The minimum absolute atomic E-state index is 0.0688. The van der Waals surface area contributed by atoms with Crippen LogP contribution in [0.25, 0.3) is 0 Å². The molecule has 1 aromatic heterocycles. The number of hydrogen-bond acceptors (Lipinski definition) is 5. The zero-order valence-electron chi connectivity index (χ0n) is 18.5. The normalized spacial score (nSPS) is 17.9. The largest absolute Gasteiger partial charge is 0.439 e. The van der Waals surface area contributed by atoms with Crippen LogP contribution in [-0.2, 0) is 5.41 Å². The van der Waals surface area contributed by atoms with Crippen LogP contribution >= 0.6 is 11.9 Å². The van der Waals surface area contributed by atoms with E-state index >= 15 is 0 Å². The third-order valence-electron chi connectivity index (χ3n) is 7.53. The minimum Gasteiger partial charge on any atom is -0.439 e. The number of benzene rings is 2. The maximum Gasteiger partial charge on any atom is 0.236 e. The Bertz CT molecular complexity index is 1050. The van der Waals surface area contributed by atoms with E-state index in [-0.39, 0.29) is 16.2 Å². The zero-order chi connectivity index (χ0) is 21.6. The predicted octanol–water partition coefficient (Wildman–Crippen LogP) is 7.02. The second kappa shape index (κ2) is 7.31. The van der Waals surface area contributed by atoms with Crippen molar-refractivity contribution in [1.29, 1.82) is 0 Å². The summed E-state index contributed by atoms with van der Waals surface area (Å²) in [7, 11) is 0. The van der Waals surface area contributed by atoms with Crippen LogP contribution in [0, 0.1) is 17.8 Å². The average Bonchev–Trinajstić information content (AvgIpc) is 3.06. The van der Waals surface area contributed by atoms with E-state index in [1.165, 1.54) is 11.9 Å². The first-order valence-electron chi connectivity index (χ1n) is 10.3. The maximum absolute atomic E-state index is 6.20. The highest BCUT2D eigenvalue weighted by atomic mass is 32.2. The molecular formula is C25H29N3OS. The molecule has 0 aliphatic heterocycles. The summed E-state index contributed by atoms with van der Waals surface area (Å²) in [5.74, 6) is 1.93. The first kappa shape index (κ1) is 20.7. The van der Waals surface area contributed by atoms with E-state index in [1.54, 1.807) is 0 Å². The quantitative estimate of drug-likeness (QED) is 0.435. The molecule has 156 valence electrons. The molecule has 1 fully saturated rings. The minimum atomic E-state index is -0.0688. The number of hydrogen-bond donors (Lipinski definition) is 1. The van der Waals surface area contributed by atoms with Crippen molar-refractivity contribution in [3.63, 3.8) is 0 Å². The second-order valence-corrected chi connectivity index (χ2v) is 10.1. The van der Waals surface area contributed by atoms with Gasteiger partial charge in [-0.15, -0.1) is 0 Å². The number of para-hydroxylation sites is 1. The van der Waals surface area contributed by atoms with Gasteiger partial charge in [0, 0.05) is 16.4 Å². The lowest BCUT2D eigenvalue weighted by Crippen LogP contribution is -2.15. The van der Waals surface area contributed by atoms with Gasteiger partial charge < -0.3 is 4.74 Å². The van der Waals surface area contributed by atoms with E-state index < -0.39 is 0 Å². The molecule has 4 nitrogen and oxygen atoms in total. The number of nitrogens with zero attached hydrogens (tertiary/aromatic N) is 2. The molecule has 1 N–H and O–H groups in total. The van der Waals surface area contributed by atoms with Crippen molar-refractivity contribution in [2.75, 3.05) is 4.72 Å². The molecular weight excluding hydrogens is 390 g/mol. The summed E-state index contributed by atoms with van der Waals surface area (Å²) in [4.78, 5) is 10.7. The number of aromatic nitrogens is 2. The van der Waals surface area contributed by atoms with Gasteiger partial charge in [0.25, 0.3) is 0 Å². The van der Waals surface area contributed by atoms with Gasteiger partial charge in [-0.2, -0.15) is 4.98 Å². The molecule has 1 aliphatic carbocycles. The van der Waals surface area contributed by atoms with Gasteiger partial charge in [0.05, 0.1) is 5.69 Å². The van der Waals surface area contributed by atoms with Gasteiger partial charge in [-0.3, -0.25) is 4.72 Å². The van der Waals surface area contributed by atoms with Crippen molar-refractivity contribution in [1.82, 2.24) is 9.97 Å². The van der Waals surface area contributed by atoms with Crippen molar-refractivity contribution >= 4 is 17.9 Å². The highest BCUT2D eigenvalue weighted by molar-refractivity contribution is 8.00. The lowest BCUT2D eigenvalue weighted by atomic mass is 9.93. The number of nitrogens with one attached hydrogen (secondary N) is 1. The van der Waals surface area contributed by atoms with Gasteiger partial charge >= 0.3 is 0 Å². The molecule has 2 aromatic carbocycles.